The first-order valence-corrected chi connectivity index (χ1v) is 12.3. The molecule has 178 valence electrons. The summed E-state index contributed by atoms with van der Waals surface area (Å²) < 4.78 is 38.0. The third kappa shape index (κ3) is 5.94. The number of sulfonamides is 1. The van der Waals surface area contributed by atoms with Crippen molar-refractivity contribution in [1.29, 1.82) is 0 Å². The molecule has 0 atom stereocenters. The second-order valence-electron chi connectivity index (χ2n) is 6.65. The highest BCUT2D eigenvalue weighted by atomic mass is 35.5. The molecule has 0 radical (unpaired) electrons. The van der Waals surface area contributed by atoms with Gasteiger partial charge in [-0.05, 0) is 43.2 Å². The standard InChI is InChI=1S/C21H27ClN2O5S.C2H6/c1-7-24(8-2)30(26,27)16-11-18(20(29-6)19(12-16)28-5)23-21(25)15-9-13(3)14(4)17(22)10-15;1-2/h9-12H,7-8H2,1-6H3,(H,23,25);1-2H3. The monoisotopic (exact) mass is 484 g/mol. The third-order valence-corrected chi connectivity index (χ3v) is 7.33. The van der Waals surface area contributed by atoms with Crippen LogP contribution in [0, 0.1) is 13.8 Å². The van der Waals surface area contributed by atoms with E-state index in [1.165, 1.54) is 30.7 Å². The first kappa shape index (κ1) is 27.7. The van der Waals surface area contributed by atoms with Crippen LogP contribution in [0.1, 0.15) is 49.2 Å². The molecule has 2 aromatic rings. The van der Waals surface area contributed by atoms with Crippen LogP contribution in [0.4, 0.5) is 5.69 Å². The molecule has 0 unspecified atom stereocenters. The van der Waals surface area contributed by atoms with Crippen molar-refractivity contribution < 1.29 is 22.7 Å². The Morgan fingerprint density at radius 1 is 1.03 bits per heavy atom. The Hall–Kier alpha value is -2.29. The largest absolute Gasteiger partial charge is 0.493 e. The van der Waals surface area contributed by atoms with Crippen LogP contribution < -0.4 is 14.8 Å². The van der Waals surface area contributed by atoms with E-state index in [-0.39, 0.29) is 22.1 Å². The molecule has 2 rings (SSSR count). The molecule has 1 amide bonds. The topological polar surface area (TPSA) is 84.9 Å². The van der Waals surface area contributed by atoms with Crippen molar-refractivity contribution in [3.8, 4) is 11.5 Å². The second-order valence-corrected chi connectivity index (χ2v) is 8.99. The maximum absolute atomic E-state index is 13.0. The fraction of sp³-hybridized carbons (Fsp3) is 0.435. The summed E-state index contributed by atoms with van der Waals surface area (Å²) in [5, 5.41) is 3.20. The Kier molecular flexibility index (Phi) is 10.5. The zero-order valence-electron chi connectivity index (χ0n) is 20.0. The molecule has 32 heavy (non-hydrogen) atoms. The van der Waals surface area contributed by atoms with Gasteiger partial charge in [-0.15, -0.1) is 0 Å². The van der Waals surface area contributed by atoms with Crippen molar-refractivity contribution in [3.05, 3.63) is 46.0 Å². The molecule has 9 heteroatoms. The molecule has 0 saturated carbocycles. The van der Waals surface area contributed by atoms with E-state index in [0.717, 1.165) is 11.1 Å². The van der Waals surface area contributed by atoms with Gasteiger partial charge in [-0.1, -0.05) is 39.3 Å². The van der Waals surface area contributed by atoms with Gasteiger partial charge in [0.25, 0.3) is 5.91 Å². The van der Waals surface area contributed by atoms with Gasteiger partial charge in [0.1, 0.15) is 0 Å². The normalized spacial score (nSPS) is 10.9. The number of aryl methyl sites for hydroxylation is 1. The maximum atomic E-state index is 13.0. The molecule has 0 heterocycles. The molecule has 1 N–H and O–H groups in total. The Morgan fingerprint density at radius 2 is 1.62 bits per heavy atom. The van der Waals surface area contributed by atoms with Crippen molar-refractivity contribution in [2.45, 2.75) is 46.4 Å². The van der Waals surface area contributed by atoms with Gasteiger partial charge in [-0.2, -0.15) is 4.31 Å². The van der Waals surface area contributed by atoms with Crippen LogP contribution in [0.3, 0.4) is 0 Å². The molecule has 7 nitrogen and oxygen atoms in total. The lowest BCUT2D eigenvalue weighted by atomic mass is 10.1. The summed E-state index contributed by atoms with van der Waals surface area (Å²) in [5.41, 5.74) is 2.29. The number of nitrogens with zero attached hydrogens (tertiary/aromatic N) is 1. The molecular formula is C23H33ClN2O5S. The van der Waals surface area contributed by atoms with Crippen molar-refractivity contribution in [2.24, 2.45) is 0 Å². The molecule has 0 bridgehead atoms. The number of amides is 1. The highest BCUT2D eigenvalue weighted by Crippen LogP contribution is 2.39. The van der Waals surface area contributed by atoms with E-state index in [1.54, 1.807) is 26.0 Å². The lowest BCUT2D eigenvalue weighted by Crippen LogP contribution is -2.30. The fourth-order valence-electron chi connectivity index (χ4n) is 3.04. The molecular weight excluding hydrogens is 452 g/mol. The predicted octanol–water partition coefficient (Wildman–Crippen LogP) is 5.28. The van der Waals surface area contributed by atoms with Gasteiger partial charge in [0, 0.05) is 29.7 Å². The van der Waals surface area contributed by atoms with Crippen LogP contribution in [0.2, 0.25) is 5.02 Å². The van der Waals surface area contributed by atoms with Gasteiger partial charge in [0.05, 0.1) is 24.8 Å². The number of methoxy groups -OCH3 is 2. The highest BCUT2D eigenvalue weighted by Gasteiger charge is 2.26. The number of nitrogens with one attached hydrogen (secondary N) is 1. The number of benzene rings is 2. The second kappa shape index (κ2) is 12.1. The Labute approximate surface area is 196 Å². The minimum atomic E-state index is -3.78. The van der Waals surface area contributed by atoms with E-state index in [4.69, 9.17) is 21.1 Å². The average Bonchev–Trinajstić information content (AvgIpc) is 2.78. The Bertz CT molecular complexity index is 1030. The summed E-state index contributed by atoms with van der Waals surface area (Å²) in [6, 6.07) is 6.04. The van der Waals surface area contributed by atoms with Crippen molar-refractivity contribution in [2.75, 3.05) is 32.6 Å². The van der Waals surface area contributed by atoms with E-state index in [1.807, 2.05) is 27.7 Å². The molecule has 0 aliphatic heterocycles. The minimum Gasteiger partial charge on any atom is -0.493 e. The number of ether oxygens (including phenoxy) is 2. The van der Waals surface area contributed by atoms with Crippen molar-refractivity contribution in [1.82, 2.24) is 4.31 Å². The number of hydrogen-bond donors (Lipinski definition) is 1. The lowest BCUT2D eigenvalue weighted by Gasteiger charge is -2.21. The molecule has 0 spiro atoms. The van der Waals surface area contributed by atoms with E-state index in [0.29, 0.717) is 23.7 Å². The Balaban J connectivity index is 0.00000249. The predicted molar refractivity (Wildman–Crippen MR) is 130 cm³/mol. The number of anilines is 1. The van der Waals surface area contributed by atoms with E-state index < -0.39 is 15.9 Å². The summed E-state index contributed by atoms with van der Waals surface area (Å²) in [5.74, 6) is -0.0313. The summed E-state index contributed by atoms with van der Waals surface area (Å²) >= 11 is 6.21. The quantitative estimate of drug-likeness (QED) is 0.550. The molecule has 0 aliphatic carbocycles. The SMILES string of the molecule is CC.CCN(CC)S(=O)(=O)c1cc(NC(=O)c2cc(C)c(C)c(Cl)c2)c(OC)c(OC)c1. The highest BCUT2D eigenvalue weighted by molar-refractivity contribution is 7.89. The van der Waals surface area contributed by atoms with Crippen molar-refractivity contribution >= 4 is 33.2 Å². The summed E-state index contributed by atoms with van der Waals surface area (Å²) in [6.45, 7) is 11.9. The van der Waals surface area contributed by atoms with Crippen LogP contribution in [-0.4, -0.2) is 45.9 Å². The summed E-state index contributed by atoms with van der Waals surface area (Å²) in [4.78, 5) is 12.9. The number of halogens is 1. The van der Waals surface area contributed by atoms with E-state index in [2.05, 4.69) is 5.32 Å². The lowest BCUT2D eigenvalue weighted by molar-refractivity contribution is 0.102. The molecule has 0 saturated heterocycles. The smallest absolute Gasteiger partial charge is 0.255 e. The zero-order valence-corrected chi connectivity index (χ0v) is 21.6. The molecule has 0 fully saturated rings. The van der Waals surface area contributed by atoms with Crippen LogP contribution >= 0.6 is 11.6 Å². The molecule has 2 aromatic carbocycles. The van der Waals surface area contributed by atoms with E-state index in [9.17, 15) is 13.2 Å². The Morgan fingerprint density at radius 3 is 2.09 bits per heavy atom. The summed E-state index contributed by atoms with van der Waals surface area (Å²) in [7, 11) is -0.957. The molecule has 0 aromatic heterocycles. The first-order chi connectivity index (χ1) is 15.1. The number of carbonyl (C=O) groups is 1. The van der Waals surface area contributed by atoms with Crippen LogP contribution in [0.15, 0.2) is 29.2 Å². The first-order valence-electron chi connectivity index (χ1n) is 10.4. The molecule has 0 aliphatic rings. The third-order valence-electron chi connectivity index (χ3n) is 4.91. The van der Waals surface area contributed by atoms with Gasteiger partial charge in [-0.3, -0.25) is 4.79 Å². The van der Waals surface area contributed by atoms with Gasteiger partial charge in [-0.25, -0.2) is 8.42 Å². The van der Waals surface area contributed by atoms with Gasteiger partial charge < -0.3 is 14.8 Å². The summed E-state index contributed by atoms with van der Waals surface area (Å²) in [6.07, 6.45) is 0. The minimum absolute atomic E-state index is 0.00253. The number of rotatable bonds is 8. The average molecular weight is 485 g/mol. The van der Waals surface area contributed by atoms with Crippen LogP contribution in [0.5, 0.6) is 11.5 Å². The number of carbonyl (C=O) groups excluding carboxylic acids is 1. The van der Waals surface area contributed by atoms with Crippen molar-refractivity contribution in [3.63, 3.8) is 0 Å². The van der Waals surface area contributed by atoms with Gasteiger partial charge in [0.2, 0.25) is 10.0 Å². The fourth-order valence-corrected chi connectivity index (χ4v) is 4.80. The van der Waals surface area contributed by atoms with E-state index >= 15 is 0 Å². The number of hydrogen-bond acceptors (Lipinski definition) is 5. The van der Waals surface area contributed by atoms with Gasteiger partial charge in [0.15, 0.2) is 11.5 Å². The maximum Gasteiger partial charge on any atom is 0.255 e. The van der Waals surface area contributed by atoms with Crippen LogP contribution in [0.25, 0.3) is 0 Å². The van der Waals surface area contributed by atoms with Crippen LogP contribution in [-0.2, 0) is 10.0 Å². The zero-order chi connectivity index (χ0) is 24.6. The van der Waals surface area contributed by atoms with Gasteiger partial charge >= 0.3 is 0 Å².